The lowest BCUT2D eigenvalue weighted by molar-refractivity contribution is 0.281. The SMILES string of the molecule is O=S(=O)(Nc1nccs1)c1cc(CO)ccc1Br. The molecule has 8 heteroatoms. The summed E-state index contributed by atoms with van der Waals surface area (Å²) in [5.41, 5.74) is 0.526. The van der Waals surface area contributed by atoms with Crippen LogP contribution in [0.3, 0.4) is 0 Å². The highest BCUT2D eigenvalue weighted by molar-refractivity contribution is 9.10. The normalized spacial score (nSPS) is 11.4. The Balaban J connectivity index is 2.40. The number of nitrogens with zero attached hydrogens (tertiary/aromatic N) is 1. The van der Waals surface area contributed by atoms with Gasteiger partial charge in [0.2, 0.25) is 0 Å². The fourth-order valence-electron chi connectivity index (χ4n) is 1.30. The highest BCUT2D eigenvalue weighted by Gasteiger charge is 2.19. The van der Waals surface area contributed by atoms with Gasteiger partial charge < -0.3 is 5.11 Å². The van der Waals surface area contributed by atoms with Crippen molar-refractivity contribution >= 4 is 42.4 Å². The molecule has 0 aliphatic heterocycles. The zero-order chi connectivity index (χ0) is 13.2. The maximum Gasteiger partial charge on any atom is 0.264 e. The molecule has 2 rings (SSSR count). The zero-order valence-corrected chi connectivity index (χ0v) is 12.2. The Labute approximate surface area is 117 Å². The second-order valence-electron chi connectivity index (χ2n) is 3.37. The lowest BCUT2D eigenvalue weighted by Gasteiger charge is -2.08. The van der Waals surface area contributed by atoms with Gasteiger partial charge in [-0.15, -0.1) is 11.3 Å². The van der Waals surface area contributed by atoms with Crippen LogP contribution >= 0.6 is 27.3 Å². The first-order chi connectivity index (χ1) is 8.53. The number of nitrogens with one attached hydrogen (secondary N) is 1. The molecule has 5 nitrogen and oxygen atoms in total. The smallest absolute Gasteiger partial charge is 0.264 e. The van der Waals surface area contributed by atoms with Crippen LogP contribution in [0, 0.1) is 0 Å². The lowest BCUT2D eigenvalue weighted by Crippen LogP contribution is -2.13. The molecule has 1 aromatic heterocycles. The largest absolute Gasteiger partial charge is 0.392 e. The predicted molar refractivity (Wildman–Crippen MR) is 73.0 cm³/mol. The first-order valence-electron chi connectivity index (χ1n) is 4.84. The molecule has 0 fully saturated rings. The number of aromatic nitrogens is 1. The van der Waals surface area contributed by atoms with Gasteiger partial charge in [0, 0.05) is 16.0 Å². The van der Waals surface area contributed by atoms with Crippen LogP contribution in [0.25, 0.3) is 0 Å². The number of hydrogen-bond acceptors (Lipinski definition) is 5. The minimum atomic E-state index is -3.71. The molecule has 0 saturated heterocycles. The van der Waals surface area contributed by atoms with Gasteiger partial charge in [0.1, 0.15) is 4.90 Å². The Morgan fingerprint density at radius 2 is 2.22 bits per heavy atom. The molecule has 0 saturated carbocycles. The zero-order valence-electron chi connectivity index (χ0n) is 9.00. The number of aliphatic hydroxyl groups excluding tert-OH is 1. The third kappa shape index (κ3) is 2.89. The van der Waals surface area contributed by atoms with Gasteiger partial charge in [-0.25, -0.2) is 13.4 Å². The molecule has 0 spiro atoms. The first kappa shape index (κ1) is 13.5. The summed E-state index contributed by atoms with van der Waals surface area (Å²) in [7, 11) is -3.71. The van der Waals surface area contributed by atoms with Crippen molar-refractivity contribution in [2.45, 2.75) is 11.5 Å². The Hall–Kier alpha value is -0.960. The summed E-state index contributed by atoms with van der Waals surface area (Å²) in [6, 6.07) is 4.65. The van der Waals surface area contributed by atoms with Gasteiger partial charge in [0.05, 0.1) is 6.61 Å². The van der Waals surface area contributed by atoms with E-state index in [9.17, 15) is 8.42 Å². The van der Waals surface area contributed by atoms with Gasteiger partial charge in [0.15, 0.2) is 5.13 Å². The third-order valence-electron chi connectivity index (χ3n) is 2.12. The van der Waals surface area contributed by atoms with Gasteiger partial charge in [-0.3, -0.25) is 4.72 Å². The molecule has 0 aliphatic carbocycles. The van der Waals surface area contributed by atoms with Crippen molar-refractivity contribution in [3.05, 3.63) is 39.8 Å². The summed E-state index contributed by atoms with van der Waals surface area (Å²) in [5.74, 6) is 0. The minimum Gasteiger partial charge on any atom is -0.392 e. The Morgan fingerprint density at radius 3 is 2.83 bits per heavy atom. The maximum absolute atomic E-state index is 12.1. The number of thiazole rings is 1. The van der Waals surface area contributed by atoms with E-state index in [-0.39, 0.29) is 11.5 Å². The Bertz CT molecular complexity index is 641. The van der Waals surface area contributed by atoms with E-state index in [4.69, 9.17) is 5.11 Å². The lowest BCUT2D eigenvalue weighted by atomic mass is 10.2. The summed E-state index contributed by atoms with van der Waals surface area (Å²) >= 11 is 4.38. The highest BCUT2D eigenvalue weighted by Crippen LogP contribution is 2.26. The molecule has 96 valence electrons. The van der Waals surface area contributed by atoms with Gasteiger partial charge in [-0.2, -0.15) is 0 Å². The van der Waals surface area contributed by atoms with Crippen molar-refractivity contribution in [1.29, 1.82) is 0 Å². The van der Waals surface area contributed by atoms with Crippen LogP contribution < -0.4 is 4.72 Å². The molecule has 0 amide bonds. The number of aliphatic hydroxyl groups is 1. The van der Waals surface area contributed by atoms with Crippen LogP contribution in [0.4, 0.5) is 5.13 Å². The second-order valence-corrected chi connectivity index (χ2v) is 6.77. The van der Waals surface area contributed by atoms with E-state index >= 15 is 0 Å². The molecule has 0 atom stereocenters. The number of hydrogen-bond donors (Lipinski definition) is 2. The second kappa shape index (κ2) is 5.35. The molecule has 0 radical (unpaired) electrons. The molecule has 2 aromatic rings. The van der Waals surface area contributed by atoms with Crippen molar-refractivity contribution < 1.29 is 13.5 Å². The first-order valence-corrected chi connectivity index (χ1v) is 8.00. The summed E-state index contributed by atoms with van der Waals surface area (Å²) in [5, 5.41) is 11.0. The molecule has 18 heavy (non-hydrogen) atoms. The summed E-state index contributed by atoms with van der Waals surface area (Å²) in [6.45, 7) is -0.215. The molecule has 2 N–H and O–H groups in total. The summed E-state index contributed by atoms with van der Waals surface area (Å²) < 4.78 is 27.1. The Morgan fingerprint density at radius 1 is 1.44 bits per heavy atom. The van der Waals surface area contributed by atoms with E-state index in [0.717, 1.165) is 0 Å². The molecule has 1 aromatic carbocycles. The maximum atomic E-state index is 12.1. The van der Waals surface area contributed by atoms with Crippen LogP contribution in [0.5, 0.6) is 0 Å². The van der Waals surface area contributed by atoms with Gasteiger partial charge in [-0.05, 0) is 33.6 Å². The van der Waals surface area contributed by atoms with Crippen molar-refractivity contribution in [3.63, 3.8) is 0 Å². The van der Waals surface area contributed by atoms with Gasteiger partial charge in [-0.1, -0.05) is 6.07 Å². The number of halogens is 1. The topological polar surface area (TPSA) is 79.3 Å². The summed E-state index contributed by atoms with van der Waals surface area (Å²) in [4.78, 5) is 3.94. The summed E-state index contributed by atoms with van der Waals surface area (Å²) in [6.07, 6.45) is 1.52. The van der Waals surface area contributed by atoms with E-state index in [0.29, 0.717) is 15.2 Å². The predicted octanol–water partition coefficient (Wildman–Crippen LogP) is 2.20. The van der Waals surface area contributed by atoms with E-state index in [1.165, 1.54) is 23.6 Å². The fourth-order valence-corrected chi connectivity index (χ4v) is 4.10. The molecular formula is C10H9BrN2O3S2. The van der Waals surface area contributed by atoms with Gasteiger partial charge in [0.25, 0.3) is 10.0 Å². The minimum absolute atomic E-state index is 0.0734. The quantitative estimate of drug-likeness (QED) is 0.887. The average molecular weight is 349 g/mol. The number of rotatable bonds is 4. The van der Waals surface area contributed by atoms with Crippen molar-refractivity contribution in [3.8, 4) is 0 Å². The van der Waals surface area contributed by atoms with Crippen molar-refractivity contribution in [2.75, 3.05) is 4.72 Å². The van der Waals surface area contributed by atoms with Crippen molar-refractivity contribution in [2.24, 2.45) is 0 Å². The number of benzene rings is 1. The van der Waals surface area contributed by atoms with E-state index in [2.05, 4.69) is 25.6 Å². The van der Waals surface area contributed by atoms with Crippen LogP contribution in [-0.4, -0.2) is 18.5 Å². The molecule has 0 bridgehead atoms. The van der Waals surface area contributed by atoms with E-state index in [1.807, 2.05) is 0 Å². The van der Waals surface area contributed by atoms with E-state index in [1.54, 1.807) is 17.5 Å². The number of anilines is 1. The third-order valence-corrected chi connectivity index (χ3v) is 5.27. The molecular weight excluding hydrogens is 340 g/mol. The van der Waals surface area contributed by atoms with Crippen molar-refractivity contribution in [1.82, 2.24) is 4.98 Å². The van der Waals surface area contributed by atoms with Crippen LogP contribution in [-0.2, 0) is 16.6 Å². The molecule has 1 heterocycles. The number of sulfonamides is 1. The molecule has 0 unspecified atom stereocenters. The van der Waals surface area contributed by atoms with Crippen LogP contribution in [0.1, 0.15) is 5.56 Å². The monoisotopic (exact) mass is 348 g/mol. The molecule has 0 aliphatic rings. The van der Waals surface area contributed by atoms with E-state index < -0.39 is 10.0 Å². The standard InChI is InChI=1S/C10H9BrN2O3S2/c11-8-2-1-7(6-14)5-9(8)18(15,16)13-10-12-3-4-17-10/h1-5,14H,6H2,(H,12,13). The highest BCUT2D eigenvalue weighted by atomic mass is 79.9. The van der Waals surface area contributed by atoms with Crippen LogP contribution in [0.2, 0.25) is 0 Å². The average Bonchev–Trinajstić information content (AvgIpc) is 2.81. The fraction of sp³-hybridized carbons (Fsp3) is 0.100. The van der Waals surface area contributed by atoms with Gasteiger partial charge >= 0.3 is 0 Å². The Kier molecular flexibility index (Phi) is 4.00. The van der Waals surface area contributed by atoms with Crippen LogP contribution in [0.15, 0.2) is 39.1 Å².